The van der Waals surface area contributed by atoms with Gasteiger partial charge in [-0.1, -0.05) is 13.8 Å². The van der Waals surface area contributed by atoms with E-state index in [-0.39, 0.29) is 0 Å². The molecule has 0 aliphatic carbocycles. The van der Waals surface area contributed by atoms with Crippen molar-refractivity contribution < 1.29 is 4.74 Å². The summed E-state index contributed by atoms with van der Waals surface area (Å²) in [6.07, 6.45) is 7.22. The number of hydrogen-bond donors (Lipinski definition) is 1. The van der Waals surface area contributed by atoms with Crippen LogP contribution >= 0.6 is 0 Å². The molecule has 2 saturated heterocycles. The highest BCUT2D eigenvalue weighted by atomic mass is 16.5. The minimum Gasteiger partial charge on any atom is -0.374 e. The van der Waals surface area contributed by atoms with Gasteiger partial charge in [0.25, 0.3) is 0 Å². The van der Waals surface area contributed by atoms with E-state index in [4.69, 9.17) is 10.5 Å². The Labute approximate surface area is 118 Å². The molecule has 0 amide bonds. The molecule has 3 nitrogen and oxygen atoms in total. The molecule has 0 bridgehead atoms. The molecule has 0 saturated carbocycles. The van der Waals surface area contributed by atoms with Gasteiger partial charge in [-0.25, -0.2) is 0 Å². The molecule has 2 heterocycles. The van der Waals surface area contributed by atoms with Crippen molar-refractivity contribution in [3.8, 4) is 0 Å². The number of likely N-dealkylation sites (tertiary alicyclic amines) is 1. The molecule has 0 radical (unpaired) electrons. The third-order valence-electron chi connectivity index (χ3n) is 5.15. The monoisotopic (exact) mass is 268 g/mol. The van der Waals surface area contributed by atoms with E-state index in [1.807, 2.05) is 0 Å². The predicted octanol–water partition coefficient (Wildman–Crippen LogP) is 2.64. The molecule has 0 aromatic heterocycles. The summed E-state index contributed by atoms with van der Waals surface area (Å²) < 4.78 is 6.06. The zero-order valence-electron chi connectivity index (χ0n) is 13.0. The Balaban J connectivity index is 1.91. The quantitative estimate of drug-likeness (QED) is 0.852. The van der Waals surface area contributed by atoms with Crippen LogP contribution < -0.4 is 5.73 Å². The van der Waals surface area contributed by atoms with Crippen LogP contribution in [0.4, 0.5) is 0 Å². The zero-order chi connectivity index (χ0) is 13.8. The first kappa shape index (κ1) is 15.3. The Hall–Kier alpha value is -0.120. The summed E-state index contributed by atoms with van der Waals surface area (Å²) in [5.74, 6) is 1.71. The molecule has 4 atom stereocenters. The zero-order valence-corrected chi connectivity index (χ0v) is 13.0. The molecule has 0 aromatic rings. The molecule has 112 valence electrons. The first-order chi connectivity index (χ1) is 9.11. The molecule has 2 aliphatic heterocycles. The lowest BCUT2D eigenvalue weighted by Crippen LogP contribution is -2.48. The highest BCUT2D eigenvalue weighted by Crippen LogP contribution is 2.29. The van der Waals surface area contributed by atoms with Crippen molar-refractivity contribution in [1.82, 2.24) is 4.90 Å². The molecular weight excluding hydrogens is 236 g/mol. The second kappa shape index (κ2) is 7.05. The molecule has 2 fully saturated rings. The van der Waals surface area contributed by atoms with Crippen molar-refractivity contribution in [2.45, 2.75) is 71.1 Å². The summed E-state index contributed by atoms with van der Waals surface area (Å²) in [7, 11) is 0. The van der Waals surface area contributed by atoms with E-state index < -0.39 is 0 Å². The molecule has 19 heavy (non-hydrogen) atoms. The van der Waals surface area contributed by atoms with Gasteiger partial charge in [0.2, 0.25) is 0 Å². The Bertz CT molecular complexity index is 269. The molecule has 2 rings (SSSR count). The Morgan fingerprint density at radius 3 is 2.53 bits per heavy atom. The van der Waals surface area contributed by atoms with E-state index >= 15 is 0 Å². The highest BCUT2D eigenvalue weighted by Gasteiger charge is 2.33. The van der Waals surface area contributed by atoms with Crippen molar-refractivity contribution in [2.24, 2.45) is 17.6 Å². The molecule has 2 aliphatic rings. The summed E-state index contributed by atoms with van der Waals surface area (Å²) in [5, 5.41) is 0. The summed E-state index contributed by atoms with van der Waals surface area (Å²) >= 11 is 0. The second-order valence-electron chi connectivity index (χ2n) is 6.84. The fourth-order valence-electron chi connectivity index (χ4n) is 3.80. The molecular formula is C16H32N2O. The van der Waals surface area contributed by atoms with Crippen LogP contribution in [-0.4, -0.2) is 42.8 Å². The van der Waals surface area contributed by atoms with Gasteiger partial charge in [0.1, 0.15) is 0 Å². The van der Waals surface area contributed by atoms with Gasteiger partial charge >= 0.3 is 0 Å². The van der Waals surface area contributed by atoms with Crippen molar-refractivity contribution in [1.29, 1.82) is 0 Å². The van der Waals surface area contributed by atoms with Crippen molar-refractivity contribution >= 4 is 0 Å². The third-order valence-corrected chi connectivity index (χ3v) is 5.15. The summed E-state index contributed by atoms with van der Waals surface area (Å²) in [4.78, 5) is 2.62. The van der Waals surface area contributed by atoms with Crippen LogP contribution in [0.25, 0.3) is 0 Å². The normalized spacial score (nSPS) is 35.5. The lowest BCUT2D eigenvalue weighted by molar-refractivity contribution is -0.00383. The maximum Gasteiger partial charge on any atom is 0.0747 e. The maximum atomic E-state index is 6.06. The average Bonchev–Trinajstić information content (AvgIpc) is 2.65. The van der Waals surface area contributed by atoms with Crippen LogP contribution in [-0.2, 0) is 4.74 Å². The lowest BCUT2D eigenvalue weighted by atomic mass is 9.89. The van der Waals surface area contributed by atoms with Crippen LogP contribution in [0.15, 0.2) is 0 Å². The minimum atomic E-state index is 0.371. The van der Waals surface area contributed by atoms with Gasteiger partial charge in [-0.15, -0.1) is 0 Å². The summed E-state index contributed by atoms with van der Waals surface area (Å²) in [5.41, 5.74) is 6.05. The smallest absolute Gasteiger partial charge is 0.0747 e. The molecule has 4 unspecified atom stereocenters. The van der Waals surface area contributed by atoms with E-state index in [1.54, 1.807) is 0 Å². The second-order valence-corrected chi connectivity index (χ2v) is 6.84. The van der Waals surface area contributed by atoms with Gasteiger partial charge in [0.15, 0.2) is 0 Å². The van der Waals surface area contributed by atoms with E-state index in [2.05, 4.69) is 25.7 Å². The first-order valence-electron chi connectivity index (χ1n) is 8.21. The number of ether oxygens (including phenoxy) is 1. The summed E-state index contributed by atoms with van der Waals surface area (Å²) in [6, 6.07) is 0.441. The van der Waals surface area contributed by atoms with Crippen molar-refractivity contribution in [3.63, 3.8) is 0 Å². The van der Waals surface area contributed by atoms with Crippen LogP contribution in [0.2, 0.25) is 0 Å². The third kappa shape index (κ3) is 3.93. The SMILES string of the molecule is CC1CCC(C(CN)N2CCCC(C(C)C)CC2)O1. The largest absolute Gasteiger partial charge is 0.374 e. The Morgan fingerprint density at radius 2 is 1.95 bits per heavy atom. The van der Waals surface area contributed by atoms with Gasteiger partial charge in [-0.3, -0.25) is 4.90 Å². The molecule has 3 heteroatoms. The van der Waals surface area contributed by atoms with Crippen LogP contribution in [0, 0.1) is 11.8 Å². The maximum absolute atomic E-state index is 6.06. The van der Waals surface area contributed by atoms with Crippen LogP contribution in [0.3, 0.4) is 0 Å². The minimum absolute atomic E-state index is 0.371. The van der Waals surface area contributed by atoms with E-state index in [9.17, 15) is 0 Å². The fourth-order valence-corrected chi connectivity index (χ4v) is 3.80. The Kier molecular flexibility index (Phi) is 5.67. The van der Waals surface area contributed by atoms with Gasteiger partial charge < -0.3 is 10.5 Å². The molecule has 0 aromatic carbocycles. The standard InChI is InChI=1S/C16H32N2O/c1-12(2)14-5-4-9-18(10-8-14)15(11-17)16-7-6-13(3)19-16/h12-16H,4-11,17H2,1-3H3. The summed E-state index contributed by atoms with van der Waals surface area (Å²) in [6.45, 7) is 10.1. The van der Waals surface area contributed by atoms with Gasteiger partial charge in [0.05, 0.1) is 12.2 Å². The van der Waals surface area contributed by atoms with E-state index in [1.165, 1.54) is 45.2 Å². The van der Waals surface area contributed by atoms with Crippen LogP contribution in [0.1, 0.15) is 52.9 Å². The van der Waals surface area contributed by atoms with Gasteiger partial charge in [0, 0.05) is 12.6 Å². The van der Waals surface area contributed by atoms with Gasteiger partial charge in [-0.2, -0.15) is 0 Å². The Morgan fingerprint density at radius 1 is 1.16 bits per heavy atom. The average molecular weight is 268 g/mol. The predicted molar refractivity (Wildman–Crippen MR) is 80.2 cm³/mol. The van der Waals surface area contributed by atoms with E-state index in [0.29, 0.717) is 18.2 Å². The van der Waals surface area contributed by atoms with Crippen molar-refractivity contribution in [2.75, 3.05) is 19.6 Å². The van der Waals surface area contributed by atoms with Crippen LogP contribution in [0.5, 0.6) is 0 Å². The number of nitrogens with two attached hydrogens (primary N) is 1. The molecule has 0 spiro atoms. The topological polar surface area (TPSA) is 38.5 Å². The van der Waals surface area contributed by atoms with Gasteiger partial charge in [-0.05, 0) is 64.0 Å². The van der Waals surface area contributed by atoms with Crippen molar-refractivity contribution in [3.05, 3.63) is 0 Å². The fraction of sp³-hybridized carbons (Fsp3) is 1.00. The number of hydrogen-bond acceptors (Lipinski definition) is 3. The molecule has 2 N–H and O–H groups in total. The number of rotatable bonds is 4. The highest BCUT2D eigenvalue weighted by molar-refractivity contribution is 4.87. The lowest BCUT2D eigenvalue weighted by Gasteiger charge is -2.34. The number of nitrogens with zero attached hydrogens (tertiary/aromatic N) is 1. The first-order valence-corrected chi connectivity index (χ1v) is 8.21. The van der Waals surface area contributed by atoms with E-state index in [0.717, 1.165) is 18.4 Å².